The van der Waals surface area contributed by atoms with Crippen LogP contribution in [0.5, 0.6) is 0 Å². The molecule has 1 amide bonds. The smallest absolute Gasteiger partial charge is 0.416 e. The van der Waals surface area contributed by atoms with Crippen molar-refractivity contribution in [1.82, 2.24) is 4.90 Å². The van der Waals surface area contributed by atoms with Gasteiger partial charge in [-0.15, -0.1) is 0 Å². The number of aliphatic imine (C=N–C) groups is 1. The van der Waals surface area contributed by atoms with Gasteiger partial charge in [-0.2, -0.15) is 0 Å². The molecule has 1 saturated heterocycles. The first-order valence-electron chi connectivity index (χ1n) is 12.6. The molecule has 10 nitrogen and oxygen atoms in total. The second kappa shape index (κ2) is 11.8. The number of carbonyl (C=O) groups is 3. The van der Waals surface area contributed by atoms with E-state index in [1.165, 1.54) is 4.90 Å². The molecule has 2 aromatic carbocycles. The van der Waals surface area contributed by atoms with Crippen molar-refractivity contribution in [2.24, 2.45) is 4.99 Å². The van der Waals surface area contributed by atoms with Gasteiger partial charge in [0.1, 0.15) is 23.2 Å². The van der Waals surface area contributed by atoms with Crippen molar-refractivity contribution in [3.8, 4) is 0 Å². The Bertz CT molecular complexity index is 1250. The van der Waals surface area contributed by atoms with Crippen LogP contribution >= 0.6 is 11.8 Å². The molecule has 39 heavy (non-hydrogen) atoms. The van der Waals surface area contributed by atoms with Crippen molar-refractivity contribution >= 4 is 35.0 Å². The minimum absolute atomic E-state index is 0.253. The molecule has 2 aliphatic heterocycles. The van der Waals surface area contributed by atoms with E-state index in [2.05, 4.69) is 4.99 Å². The number of hydrogen-bond acceptors (Lipinski definition) is 10. The molecule has 0 aromatic heterocycles. The highest BCUT2D eigenvalue weighted by atomic mass is 32.2. The second-order valence-electron chi connectivity index (χ2n) is 10.1. The van der Waals surface area contributed by atoms with Crippen molar-refractivity contribution < 1.29 is 38.4 Å². The van der Waals surface area contributed by atoms with Crippen LogP contribution in [0.4, 0.5) is 4.79 Å². The van der Waals surface area contributed by atoms with Crippen molar-refractivity contribution in [3.63, 3.8) is 0 Å². The van der Waals surface area contributed by atoms with Crippen LogP contribution in [0, 0.1) is 6.92 Å². The van der Waals surface area contributed by atoms with Gasteiger partial charge in [0.15, 0.2) is 11.3 Å². The largest absolute Gasteiger partial charge is 0.449 e. The van der Waals surface area contributed by atoms with E-state index in [4.69, 9.17) is 18.9 Å². The second-order valence-corrected chi connectivity index (χ2v) is 11.1. The van der Waals surface area contributed by atoms with Gasteiger partial charge in [0.05, 0.1) is 11.1 Å². The number of amidine groups is 1. The Kier molecular flexibility index (Phi) is 8.63. The summed E-state index contributed by atoms with van der Waals surface area (Å²) in [6.07, 6.45) is -4.81. The predicted octanol–water partition coefficient (Wildman–Crippen LogP) is 4.15. The number of ether oxygens (including phenoxy) is 4. The number of rotatable bonds is 5. The summed E-state index contributed by atoms with van der Waals surface area (Å²) in [6.45, 7) is 9.06. The van der Waals surface area contributed by atoms with E-state index in [9.17, 15) is 19.5 Å². The van der Waals surface area contributed by atoms with Crippen LogP contribution in [0.15, 0.2) is 59.6 Å². The number of aliphatic hydroxyl groups is 1. The number of benzene rings is 2. The van der Waals surface area contributed by atoms with E-state index in [-0.39, 0.29) is 17.3 Å². The van der Waals surface area contributed by atoms with E-state index in [0.29, 0.717) is 11.1 Å². The van der Waals surface area contributed by atoms with Gasteiger partial charge < -0.3 is 24.1 Å². The van der Waals surface area contributed by atoms with Crippen LogP contribution in [0.1, 0.15) is 54.0 Å². The Hall–Kier alpha value is -3.41. The van der Waals surface area contributed by atoms with Crippen molar-refractivity contribution in [3.05, 3.63) is 71.3 Å². The summed E-state index contributed by atoms with van der Waals surface area (Å²) in [5, 5.41) is 11.6. The minimum Gasteiger partial charge on any atom is -0.449 e. The Morgan fingerprint density at radius 3 is 2.33 bits per heavy atom. The molecule has 5 atom stereocenters. The molecule has 1 N–H and O–H groups in total. The average molecular weight is 557 g/mol. The number of thioether (sulfide) groups is 1. The van der Waals surface area contributed by atoms with Gasteiger partial charge in [-0.05, 0) is 58.4 Å². The number of hydrogen-bond donors (Lipinski definition) is 1. The van der Waals surface area contributed by atoms with E-state index < -0.39 is 53.6 Å². The lowest BCUT2D eigenvalue weighted by Gasteiger charge is -2.39. The number of amides is 1. The molecule has 0 aliphatic carbocycles. The highest BCUT2D eigenvalue weighted by Gasteiger charge is 2.53. The molecule has 2 heterocycles. The summed E-state index contributed by atoms with van der Waals surface area (Å²) in [7, 11) is 0. The van der Waals surface area contributed by atoms with Gasteiger partial charge in [0.2, 0.25) is 6.29 Å². The maximum atomic E-state index is 13.0. The lowest BCUT2D eigenvalue weighted by atomic mass is 10.0. The summed E-state index contributed by atoms with van der Waals surface area (Å²) < 4.78 is 22.8. The zero-order chi connectivity index (χ0) is 28.3. The molecule has 0 unspecified atom stereocenters. The van der Waals surface area contributed by atoms with Crippen molar-refractivity contribution in [1.29, 1.82) is 0 Å². The van der Waals surface area contributed by atoms with Gasteiger partial charge >= 0.3 is 18.0 Å². The van der Waals surface area contributed by atoms with E-state index in [1.54, 1.807) is 89.2 Å². The third kappa shape index (κ3) is 6.60. The molecule has 0 bridgehead atoms. The summed E-state index contributed by atoms with van der Waals surface area (Å²) >= 11 is 1.09. The van der Waals surface area contributed by atoms with Gasteiger partial charge in [-0.3, -0.25) is 9.89 Å². The van der Waals surface area contributed by atoms with Crippen LogP contribution < -0.4 is 0 Å². The van der Waals surface area contributed by atoms with Crippen molar-refractivity contribution in [2.75, 3.05) is 6.54 Å². The van der Waals surface area contributed by atoms with Crippen LogP contribution in [0.25, 0.3) is 0 Å². The Morgan fingerprint density at radius 1 is 1.03 bits per heavy atom. The number of carbonyl (C=O) groups excluding carboxylic acids is 3. The van der Waals surface area contributed by atoms with Gasteiger partial charge in [0.25, 0.3) is 0 Å². The topological polar surface area (TPSA) is 124 Å². The first-order chi connectivity index (χ1) is 18.5. The zero-order valence-electron chi connectivity index (χ0n) is 22.4. The molecular weight excluding hydrogens is 524 g/mol. The van der Waals surface area contributed by atoms with E-state index in [1.807, 2.05) is 0 Å². The van der Waals surface area contributed by atoms with Crippen molar-refractivity contribution in [2.45, 2.75) is 70.2 Å². The maximum absolute atomic E-state index is 13.0. The van der Waals surface area contributed by atoms with Crippen LogP contribution in [0.2, 0.25) is 0 Å². The zero-order valence-corrected chi connectivity index (χ0v) is 23.2. The quantitative estimate of drug-likeness (QED) is 0.427. The lowest BCUT2D eigenvalue weighted by molar-refractivity contribution is -0.232. The Morgan fingerprint density at radius 2 is 1.69 bits per heavy atom. The molecule has 208 valence electrons. The monoisotopic (exact) mass is 556 g/mol. The molecule has 11 heteroatoms. The first-order valence-corrected chi connectivity index (χ1v) is 13.5. The molecule has 1 fully saturated rings. The Labute approximate surface area is 231 Å². The number of nitrogens with zero attached hydrogens (tertiary/aromatic N) is 2. The minimum atomic E-state index is -1.43. The maximum Gasteiger partial charge on any atom is 0.416 e. The number of esters is 2. The third-order valence-electron chi connectivity index (χ3n) is 5.98. The molecular formula is C28H32N2O8S. The van der Waals surface area contributed by atoms with Crippen LogP contribution in [0.3, 0.4) is 0 Å². The highest BCUT2D eigenvalue weighted by Crippen LogP contribution is 2.39. The normalized spacial score (nSPS) is 24.3. The SMILES string of the molecule is CCN(C(=O)OC(C)(C)C)C1=N[C@@H]2[C@@H](O)[C@H](OC(=O)c3ccccc3)[C@H](OC(=O)c3ccccc3C)O[C@@H]2S1. The molecule has 0 radical (unpaired) electrons. The number of aryl methyl sites for hydroxylation is 1. The standard InChI is InChI=1S/C28H32N2O8S/c1-6-30(27(34)38-28(3,4)5)26-29-19-20(31)21(35-22(32)17-13-8-7-9-14-17)24(37-25(19)39-26)36-23(33)18-15-11-10-12-16(18)2/h7-15,19-21,24-25,31H,6H2,1-5H3/t19-,20-,21+,24-,25-/m1/s1. The summed E-state index contributed by atoms with van der Waals surface area (Å²) in [5.41, 5.74) is -0.283. The summed E-state index contributed by atoms with van der Waals surface area (Å²) in [6, 6.07) is 14.2. The van der Waals surface area contributed by atoms with Crippen LogP contribution in [-0.2, 0) is 18.9 Å². The third-order valence-corrected chi connectivity index (χ3v) is 7.14. The van der Waals surface area contributed by atoms with E-state index in [0.717, 1.165) is 11.8 Å². The molecule has 2 aliphatic rings. The van der Waals surface area contributed by atoms with Crippen LogP contribution in [-0.4, -0.2) is 75.3 Å². The molecule has 0 spiro atoms. The molecule has 0 saturated carbocycles. The summed E-state index contributed by atoms with van der Waals surface area (Å²) in [4.78, 5) is 44.6. The van der Waals surface area contributed by atoms with E-state index >= 15 is 0 Å². The summed E-state index contributed by atoms with van der Waals surface area (Å²) in [5.74, 6) is -1.42. The lowest BCUT2D eigenvalue weighted by Crippen LogP contribution is -2.57. The average Bonchev–Trinajstić information content (AvgIpc) is 3.30. The fraction of sp³-hybridized carbons (Fsp3) is 0.429. The fourth-order valence-corrected chi connectivity index (χ4v) is 5.30. The fourth-order valence-electron chi connectivity index (χ4n) is 4.05. The number of fused-ring (bicyclic) bond motifs is 1. The first kappa shape index (κ1) is 28.6. The van der Waals surface area contributed by atoms with Gasteiger partial charge in [0, 0.05) is 6.54 Å². The van der Waals surface area contributed by atoms with Gasteiger partial charge in [-0.1, -0.05) is 48.2 Å². The highest BCUT2D eigenvalue weighted by molar-refractivity contribution is 8.14. The Balaban J connectivity index is 1.60. The number of aliphatic hydroxyl groups excluding tert-OH is 1. The molecule has 2 aromatic rings. The predicted molar refractivity (Wildman–Crippen MR) is 144 cm³/mol. The molecule has 4 rings (SSSR count). The van der Waals surface area contributed by atoms with Gasteiger partial charge in [-0.25, -0.2) is 14.4 Å².